The third-order valence-electron chi connectivity index (χ3n) is 6.81. The molecule has 0 unspecified atom stereocenters. The molecule has 0 radical (unpaired) electrons. The molecule has 4 rings (SSSR count). The van der Waals surface area contributed by atoms with Gasteiger partial charge in [-0.15, -0.1) is 0 Å². The van der Waals surface area contributed by atoms with E-state index >= 15 is 0 Å². The van der Waals surface area contributed by atoms with Gasteiger partial charge >= 0.3 is 12.3 Å². The van der Waals surface area contributed by atoms with E-state index in [1.807, 2.05) is 60.7 Å². The van der Waals surface area contributed by atoms with Gasteiger partial charge in [-0.25, -0.2) is 4.79 Å². The summed E-state index contributed by atoms with van der Waals surface area (Å²) in [6.45, 7) is 1.07. The van der Waals surface area contributed by atoms with Crippen LogP contribution >= 0.6 is 0 Å². The van der Waals surface area contributed by atoms with Gasteiger partial charge in [-0.3, -0.25) is 4.79 Å². The lowest BCUT2D eigenvalue weighted by Crippen LogP contribution is -2.47. The van der Waals surface area contributed by atoms with Crippen molar-refractivity contribution in [3.8, 4) is 0 Å². The molecule has 2 amide bonds. The van der Waals surface area contributed by atoms with Crippen LogP contribution in [0.1, 0.15) is 41.5 Å². The molecule has 1 N–H and O–H groups in total. The third kappa shape index (κ3) is 6.90. The molecule has 3 aromatic rings. The maximum atomic E-state index is 13.0. The average Bonchev–Trinajstić information content (AvgIpc) is 2.92. The number of benzene rings is 3. The Morgan fingerprint density at radius 3 is 2.14 bits per heavy atom. The van der Waals surface area contributed by atoms with Crippen molar-refractivity contribution in [2.75, 3.05) is 13.1 Å². The number of ether oxygens (including phenoxy) is 1. The van der Waals surface area contributed by atoms with Crippen molar-refractivity contribution >= 4 is 12.0 Å². The summed E-state index contributed by atoms with van der Waals surface area (Å²) in [6.07, 6.45) is -3.53. The lowest BCUT2D eigenvalue weighted by molar-refractivity contribution is -0.137. The summed E-state index contributed by atoms with van der Waals surface area (Å²) in [5, 5.41) is 2.78. The molecule has 0 saturated carbocycles. The molecule has 0 aromatic heterocycles. The van der Waals surface area contributed by atoms with Crippen molar-refractivity contribution in [2.45, 2.75) is 44.0 Å². The highest BCUT2D eigenvalue weighted by Gasteiger charge is 2.39. The van der Waals surface area contributed by atoms with Gasteiger partial charge in [-0.1, -0.05) is 72.8 Å². The highest BCUT2D eigenvalue weighted by molar-refractivity contribution is 5.78. The maximum absolute atomic E-state index is 13.0. The number of amides is 2. The second-order valence-electron chi connectivity index (χ2n) is 9.33. The summed E-state index contributed by atoms with van der Waals surface area (Å²) in [7, 11) is 0. The molecule has 37 heavy (non-hydrogen) atoms. The summed E-state index contributed by atoms with van der Waals surface area (Å²) in [5.41, 5.74) is 1.06. The van der Waals surface area contributed by atoms with Gasteiger partial charge in [0.2, 0.25) is 5.91 Å². The molecule has 0 spiro atoms. The van der Waals surface area contributed by atoms with Crippen LogP contribution < -0.4 is 5.32 Å². The molecule has 1 aliphatic heterocycles. The van der Waals surface area contributed by atoms with E-state index in [0.29, 0.717) is 31.5 Å². The molecule has 3 aromatic carbocycles. The van der Waals surface area contributed by atoms with Crippen LogP contribution in [0.3, 0.4) is 0 Å². The van der Waals surface area contributed by atoms with E-state index in [0.717, 1.165) is 23.3 Å². The number of rotatable bonds is 7. The zero-order chi connectivity index (χ0) is 26.3. The molecule has 194 valence electrons. The largest absolute Gasteiger partial charge is 0.445 e. The molecule has 8 heteroatoms. The molecular weight excluding hydrogens is 481 g/mol. The van der Waals surface area contributed by atoms with E-state index in [4.69, 9.17) is 4.74 Å². The van der Waals surface area contributed by atoms with Crippen LogP contribution in [0.25, 0.3) is 0 Å². The Balaban J connectivity index is 1.38. The number of halogens is 3. The maximum Gasteiger partial charge on any atom is 0.416 e. The Morgan fingerprint density at radius 1 is 0.865 bits per heavy atom. The van der Waals surface area contributed by atoms with Gasteiger partial charge in [-0.2, -0.15) is 13.2 Å². The number of carbonyl (C=O) groups is 2. The smallest absolute Gasteiger partial charge is 0.416 e. The van der Waals surface area contributed by atoms with E-state index < -0.39 is 17.2 Å². The minimum atomic E-state index is -4.44. The van der Waals surface area contributed by atoms with Gasteiger partial charge < -0.3 is 15.0 Å². The predicted molar refractivity (Wildman–Crippen MR) is 133 cm³/mol. The molecular formula is C29H29F3N2O3. The summed E-state index contributed by atoms with van der Waals surface area (Å²) < 4.78 is 44.5. The number of alkyl halides is 3. The molecule has 5 nitrogen and oxygen atoms in total. The van der Waals surface area contributed by atoms with Gasteiger partial charge in [0.15, 0.2) is 0 Å². The number of hydrogen-bond acceptors (Lipinski definition) is 3. The monoisotopic (exact) mass is 510 g/mol. The molecule has 1 saturated heterocycles. The first-order chi connectivity index (χ1) is 17.7. The summed E-state index contributed by atoms with van der Waals surface area (Å²) >= 11 is 0. The number of nitrogens with zero attached hydrogens (tertiary/aromatic N) is 1. The van der Waals surface area contributed by atoms with Gasteiger partial charge in [0.1, 0.15) is 6.61 Å². The lowest BCUT2D eigenvalue weighted by Gasteiger charge is -2.41. The Morgan fingerprint density at radius 2 is 1.49 bits per heavy atom. The second kappa shape index (κ2) is 11.5. The van der Waals surface area contributed by atoms with Crippen LogP contribution in [0, 0.1) is 0 Å². The SMILES string of the molecule is O=C(CC1(c2ccccc2)CCN(C(=O)OCc2ccccc2)CC1)NCc1cccc(C(F)(F)F)c1. The first kappa shape index (κ1) is 26.3. The molecule has 1 aliphatic rings. The van der Waals surface area contributed by atoms with Crippen molar-refractivity contribution in [3.63, 3.8) is 0 Å². The highest BCUT2D eigenvalue weighted by atomic mass is 19.4. The molecule has 0 atom stereocenters. The van der Waals surface area contributed by atoms with Crippen molar-refractivity contribution in [2.24, 2.45) is 0 Å². The van der Waals surface area contributed by atoms with E-state index in [1.165, 1.54) is 6.07 Å². The quantitative estimate of drug-likeness (QED) is 0.419. The van der Waals surface area contributed by atoms with Crippen LogP contribution in [-0.4, -0.2) is 30.0 Å². The second-order valence-corrected chi connectivity index (χ2v) is 9.33. The first-order valence-electron chi connectivity index (χ1n) is 12.2. The summed E-state index contributed by atoms with van der Waals surface area (Å²) in [4.78, 5) is 27.3. The minimum absolute atomic E-state index is 0.00552. The van der Waals surface area contributed by atoms with Gasteiger partial charge in [0, 0.05) is 31.5 Å². The Bertz CT molecular complexity index is 1190. The van der Waals surface area contributed by atoms with Crippen LogP contribution in [0.2, 0.25) is 0 Å². The van der Waals surface area contributed by atoms with Gasteiger partial charge in [0.05, 0.1) is 5.56 Å². The lowest BCUT2D eigenvalue weighted by atomic mass is 9.70. The highest BCUT2D eigenvalue weighted by Crippen LogP contribution is 2.39. The summed E-state index contributed by atoms with van der Waals surface area (Å²) in [6, 6.07) is 24.1. The van der Waals surface area contributed by atoms with E-state index in [9.17, 15) is 22.8 Å². The van der Waals surface area contributed by atoms with Crippen LogP contribution in [-0.2, 0) is 34.3 Å². The van der Waals surface area contributed by atoms with Crippen molar-refractivity contribution in [1.29, 1.82) is 0 Å². The van der Waals surface area contributed by atoms with Gasteiger partial charge in [-0.05, 0) is 41.7 Å². The average molecular weight is 511 g/mol. The Labute approximate surface area is 214 Å². The molecule has 1 fully saturated rings. The molecule has 0 aliphatic carbocycles. The summed E-state index contributed by atoms with van der Waals surface area (Å²) in [5.74, 6) is -0.249. The fraction of sp³-hybridized carbons (Fsp3) is 0.310. The number of piperidine rings is 1. The zero-order valence-corrected chi connectivity index (χ0v) is 20.3. The first-order valence-corrected chi connectivity index (χ1v) is 12.2. The van der Waals surface area contributed by atoms with Crippen molar-refractivity contribution in [1.82, 2.24) is 10.2 Å². The fourth-order valence-electron chi connectivity index (χ4n) is 4.72. The molecule has 1 heterocycles. The van der Waals surface area contributed by atoms with Gasteiger partial charge in [0.25, 0.3) is 0 Å². The zero-order valence-electron chi connectivity index (χ0n) is 20.3. The molecule has 0 bridgehead atoms. The number of likely N-dealkylation sites (tertiary alicyclic amines) is 1. The number of nitrogens with one attached hydrogen (secondary N) is 1. The number of carbonyl (C=O) groups excluding carboxylic acids is 2. The Hall–Kier alpha value is -3.81. The van der Waals surface area contributed by atoms with Crippen molar-refractivity contribution in [3.05, 3.63) is 107 Å². The van der Waals surface area contributed by atoms with Crippen molar-refractivity contribution < 1.29 is 27.5 Å². The minimum Gasteiger partial charge on any atom is -0.445 e. The topological polar surface area (TPSA) is 58.6 Å². The van der Waals surface area contributed by atoms with Crippen LogP contribution in [0.15, 0.2) is 84.9 Å². The third-order valence-corrected chi connectivity index (χ3v) is 6.81. The number of hydrogen-bond donors (Lipinski definition) is 1. The van der Waals surface area contributed by atoms with E-state index in [1.54, 1.807) is 11.0 Å². The predicted octanol–water partition coefficient (Wildman–Crippen LogP) is 6.08. The Kier molecular flexibility index (Phi) is 8.16. The normalized spacial score (nSPS) is 15.2. The standard InChI is InChI=1S/C29H29F3N2O3/c30-29(31,32)25-13-7-10-23(18-25)20-33-26(35)19-28(24-11-5-2-6-12-24)14-16-34(17-15-28)27(36)37-21-22-8-3-1-4-9-22/h1-13,18H,14-17,19-21H2,(H,33,35). The van der Waals surface area contributed by atoms with E-state index in [2.05, 4.69) is 5.32 Å². The van der Waals surface area contributed by atoms with E-state index in [-0.39, 0.29) is 31.6 Å². The van der Waals surface area contributed by atoms with Crippen LogP contribution in [0.4, 0.5) is 18.0 Å². The van der Waals surface area contributed by atoms with Crippen LogP contribution in [0.5, 0.6) is 0 Å². The fourth-order valence-corrected chi connectivity index (χ4v) is 4.72.